The van der Waals surface area contributed by atoms with E-state index in [2.05, 4.69) is 14.8 Å². The van der Waals surface area contributed by atoms with Gasteiger partial charge >= 0.3 is 0 Å². The molecule has 0 spiro atoms. The summed E-state index contributed by atoms with van der Waals surface area (Å²) in [5.74, 6) is -0.344. The molecule has 6 nitrogen and oxygen atoms in total. The minimum absolute atomic E-state index is 0.133. The zero-order chi connectivity index (χ0) is 23.0. The maximum absolute atomic E-state index is 13.3. The van der Waals surface area contributed by atoms with Crippen LogP contribution in [-0.2, 0) is 16.4 Å². The van der Waals surface area contributed by atoms with Gasteiger partial charge in [-0.15, -0.1) is 0 Å². The highest BCUT2D eigenvalue weighted by Gasteiger charge is 2.27. The standard InChI is InChI=1S/C24H23ClFN3O3S/c25-18-5-3-17-13-21(7-4-16(17)12-18)33(30,31)28-20-9-11-29(15-20)10-1-2-23-22-8-6-19(26)14-24(22)32-27-23/h3-8,12-14,20,28H,1-2,9-11,15H2/t20-/m1/s1. The Morgan fingerprint density at radius 1 is 1.12 bits per heavy atom. The molecule has 0 saturated carbocycles. The van der Waals surface area contributed by atoms with Crippen molar-refractivity contribution < 1.29 is 17.3 Å². The second-order valence-electron chi connectivity index (χ2n) is 8.43. The molecule has 1 aromatic heterocycles. The molecule has 1 saturated heterocycles. The molecule has 3 aromatic carbocycles. The van der Waals surface area contributed by atoms with Gasteiger partial charge in [0.05, 0.1) is 10.6 Å². The molecule has 1 aliphatic heterocycles. The van der Waals surface area contributed by atoms with Crippen LogP contribution in [0.3, 0.4) is 0 Å². The smallest absolute Gasteiger partial charge is 0.240 e. The number of halogens is 2. The summed E-state index contributed by atoms with van der Waals surface area (Å²) in [5.41, 5.74) is 1.27. The van der Waals surface area contributed by atoms with Crippen molar-refractivity contribution in [3.63, 3.8) is 0 Å². The van der Waals surface area contributed by atoms with Crippen LogP contribution in [0.5, 0.6) is 0 Å². The summed E-state index contributed by atoms with van der Waals surface area (Å²) in [4.78, 5) is 2.50. The predicted octanol–water partition coefficient (Wildman–Crippen LogP) is 4.76. The predicted molar refractivity (Wildman–Crippen MR) is 126 cm³/mol. The van der Waals surface area contributed by atoms with E-state index >= 15 is 0 Å². The lowest BCUT2D eigenvalue weighted by atomic mass is 10.1. The Morgan fingerprint density at radius 2 is 1.94 bits per heavy atom. The van der Waals surface area contributed by atoms with Gasteiger partial charge in [-0.25, -0.2) is 17.5 Å². The molecule has 2 heterocycles. The largest absolute Gasteiger partial charge is 0.356 e. The van der Waals surface area contributed by atoms with Crippen molar-refractivity contribution in [1.82, 2.24) is 14.8 Å². The first-order valence-electron chi connectivity index (χ1n) is 10.9. The Morgan fingerprint density at radius 3 is 2.82 bits per heavy atom. The van der Waals surface area contributed by atoms with Gasteiger partial charge in [0, 0.05) is 29.1 Å². The SMILES string of the molecule is O=S(=O)(N[C@@H]1CCN(CCCc2noc3cc(F)ccc23)C1)c1ccc2cc(Cl)ccc2c1. The van der Waals surface area contributed by atoms with Crippen molar-refractivity contribution in [2.45, 2.75) is 30.2 Å². The van der Waals surface area contributed by atoms with Crippen molar-refractivity contribution in [3.05, 3.63) is 71.1 Å². The molecule has 1 fully saturated rings. The van der Waals surface area contributed by atoms with Crippen LogP contribution in [0.4, 0.5) is 4.39 Å². The average Bonchev–Trinajstić information content (AvgIpc) is 3.39. The minimum atomic E-state index is -3.62. The van der Waals surface area contributed by atoms with Crippen LogP contribution in [0, 0.1) is 5.82 Å². The number of hydrogen-bond acceptors (Lipinski definition) is 5. The highest BCUT2D eigenvalue weighted by molar-refractivity contribution is 7.89. The Balaban J connectivity index is 1.16. The van der Waals surface area contributed by atoms with E-state index < -0.39 is 10.0 Å². The fourth-order valence-electron chi connectivity index (χ4n) is 4.40. The van der Waals surface area contributed by atoms with Crippen LogP contribution < -0.4 is 4.72 Å². The van der Waals surface area contributed by atoms with E-state index in [9.17, 15) is 12.8 Å². The van der Waals surface area contributed by atoms with E-state index in [1.165, 1.54) is 12.1 Å². The van der Waals surface area contributed by atoms with Crippen molar-refractivity contribution in [2.24, 2.45) is 0 Å². The molecular weight excluding hydrogens is 465 g/mol. The van der Waals surface area contributed by atoms with Gasteiger partial charge in [-0.3, -0.25) is 0 Å². The first kappa shape index (κ1) is 22.3. The topological polar surface area (TPSA) is 75.4 Å². The number of nitrogens with zero attached hydrogens (tertiary/aromatic N) is 2. The molecule has 9 heteroatoms. The molecule has 172 valence electrons. The number of likely N-dealkylation sites (tertiary alicyclic amines) is 1. The van der Waals surface area contributed by atoms with E-state index in [1.807, 2.05) is 12.1 Å². The molecule has 0 unspecified atom stereocenters. The summed E-state index contributed by atoms with van der Waals surface area (Å²) in [6.07, 6.45) is 2.33. The second kappa shape index (κ2) is 9.02. The highest BCUT2D eigenvalue weighted by Crippen LogP contribution is 2.24. The van der Waals surface area contributed by atoms with Crippen molar-refractivity contribution in [2.75, 3.05) is 19.6 Å². The van der Waals surface area contributed by atoms with E-state index in [4.69, 9.17) is 16.1 Å². The van der Waals surface area contributed by atoms with Crippen LogP contribution in [0.25, 0.3) is 21.7 Å². The van der Waals surface area contributed by atoms with Gasteiger partial charge in [-0.1, -0.05) is 28.9 Å². The molecule has 1 aliphatic rings. The van der Waals surface area contributed by atoms with E-state index in [0.717, 1.165) is 47.8 Å². The summed E-state index contributed by atoms with van der Waals surface area (Å²) in [5, 5.41) is 7.25. The molecule has 1 N–H and O–H groups in total. The summed E-state index contributed by atoms with van der Waals surface area (Å²) in [7, 11) is -3.62. The molecule has 0 aliphatic carbocycles. The van der Waals surface area contributed by atoms with E-state index in [0.29, 0.717) is 23.6 Å². The van der Waals surface area contributed by atoms with E-state index in [1.54, 1.807) is 30.3 Å². The number of aryl methyl sites for hydroxylation is 1. The van der Waals surface area contributed by atoms with Crippen molar-refractivity contribution in [3.8, 4) is 0 Å². The lowest BCUT2D eigenvalue weighted by Gasteiger charge is -2.16. The van der Waals surface area contributed by atoms with Gasteiger partial charge in [0.15, 0.2) is 5.58 Å². The number of rotatable bonds is 7. The number of nitrogens with one attached hydrogen (secondary N) is 1. The Kier molecular flexibility index (Phi) is 6.09. The summed E-state index contributed by atoms with van der Waals surface area (Å²) in [6.45, 7) is 2.31. The minimum Gasteiger partial charge on any atom is -0.356 e. The lowest BCUT2D eigenvalue weighted by Crippen LogP contribution is -2.37. The normalized spacial score (nSPS) is 17.3. The van der Waals surface area contributed by atoms with Gasteiger partial charge in [0.2, 0.25) is 10.0 Å². The Labute approximate surface area is 196 Å². The quantitative estimate of drug-likeness (QED) is 0.407. The average molecular weight is 488 g/mol. The molecule has 0 amide bonds. The van der Waals surface area contributed by atoms with E-state index in [-0.39, 0.29) is 16.8 Å². The van der Waals surface area contributed by atoms with Crippen molar-refractivity contribution in [1.29, 1.82) is 0 Å². The summed E-state index contributed by atoms with van der Waals surface area (Å²) < 4.78 is 47.2. The third-order valence-electron chi connectivity index (χ3n) is 6.07. The number of sulfonamides is 1. The fraction of sp³-hybridized carbons (Fsp3) is 0.292. The van der Waals surface area contributed by atoms with Crippen LogP contribution >= 0.6 is 11.6 Å². The zero-order valence-corrected chi connectivity index (χ0v) is 19.4. The highest BCUT2D eigenvalue weighted by atomic mass is 35.5. The van der Waals surface area contributed by atoms with Gasteiger partial charge in [0.1, 0.15) is 5.82 Å². The number of aromatic nitrogens is 1. The third kappa shape index (κ3) is 4.89. The van der Waals surface area contributed by atoms with Crippen molar-refractivity contribution >= 4 is 43.4 Å². The molecule has 0 radical (unpaired) electrons. The Hall–Kier alpha value is -2.52. The monoisotopic (exact) mass is 487 g/mol. The first-order chi connectivity index (χ1) is 15.9. The van der Waals surface area contributed by atoms with Crippen LogP contribution in [0.2, 0.25) is 5.02 Å². The number of hydrogen-bond donors (Lipinski definition) is 1. The third-order valence-corrected chi connectivity index (χ3v) is 7.83. The molecule has 33 heavy (non-hydrogen) atoms. The summed E-state index contributed by atoms with van der Waals surface area (Å²) in [6, 6.07) is 14.8. The van der Waals surface area contributed by atoms with Gasteiger partial charge in [-0.2, -0.15) is 0 Å². The molecular formula is C24H23ClFN3O3S. The van der Waals surface area contributed by atoms with Crippen LogP contribution in [0.15, 0.2) is 64.0 Å². The second-order valence-corrected chi connectivity index (χ2v) is 10.6. The molecule has 1 atom stereocenters. The Bertz CT molecular complexity index is 1420. The number of fused-ring (bicyclic) bond motifs is 2. The van der Waals surface area contributed by atoms with Gasteiger partial charge < -0.3 is 9.42 Å². The van der Waals surface area contributed by atoms with Gasteiger partial charge in [-0.05, 0) is 79.5 Å². The zero-order valence-electron chi connectivity index (χ0n) is 17.8. The molecule has 5 rings (SSSR count). The maximum atomic E-state index is 13.3. The van der Waals surface area contributed by atoms with Gasteiger partial charge in [0.25, 0.3) is 0 Å². The fourth-order valence-corrected chi connectivity index (χ4v) is 5.87. The summed E-state index contributed by atoms with van der Waals surface area (Å²) >= 11 is 6.01. The molecule has 4 aromatic rings. The maximum Gasteiger partial charge on any atom is 0.240 e. The van der Waals surface area contributed by atoms with Crippen LogP contribution in [0.1, 0.15) is 18.5 Å². The lowest BCUT2D eigenvalue weighted by molar-refractivity contribution is 0.326. The van der Waals surface area contributed by atoms with Crippen LogP contribution in [-0.4, -0.2) is 44.2 Å². The number of benzene rings is 3. The molecule has 0 bridgehead atoms. The first-order valence-corrected chi connectivity index (χ1v) is 12.7.